The predicted molar refractivity (Wildman–Crippen MR) is 140 cm³/mol. The standard InChI is InChI=1S/C27H35N5O3/c1-7-31(26(34)28-21-11-9-10-12-22(21)35-8-2)18-25(33)29-24-17-23(27(4,5)6)30-32(24)20-15-13-19(3)14-16-20/h9-17H,7-8,18H2,1-6H3,(H,28,34)(H,29,33). The molecule has 3 amide bonds. The number of para-hydroxylation sites is 2. The van der Waals surface area contributed by atoms with Gasteiger partial charge in [-0.05, 0) is 45.0 Å². The molecule has 35 heavy (non-hydrogen) atoms. The van der Waals surface area contributed by atoms with Crippen LogP contribution in [-0.4, -0.2) is 46.3 Å². The van der Waals surface area contributed by atoms with E-state index in [1.54, 1.807) is 16.8 Å². The van der Waals surface area contributed by atoms with Crippen molar-refractivity contribution in [3.8, 4) is 11.4 Å². The number of carbonyl (C=O) groups excluding carboxylic acids is 2. The molecule has 1 heterocycles. The lowest BCUT2D eigenvalue weighted by atomic mass is 9.92. The highest BCUT2D eigenvalue weighted by Crippen LogP contribution is 2.27. The number of nitrogens with one attached hydrogen (secondary N) is 2. The first kappa shape index (κ1) is 25.8. The van der Waals surface area contributed by atoms with Gasteiger partial charge in [0.25, 0.3) is 0 Å². The molecular weight excluding hydrogens is 442 g/mol. The molecule has 186 valence electrons. The normalized spacial score (nSPS) is 11.1. The lowest BCUT2D eigenvalue weighted by molar-refractivity contribution is -0.116. The first-order valence-corrected chi connectivity index (χ1v) is 11.9. The Bertz CT molecular complexity index is 1160. The minimum Gasteiger partial charge on any atom is -0.492 e. The number of carbonyl (C=O) groups is 2. The summed E-state index contributed by atoms with van der Waals surface area (Å²) < 4.78 is 7.31. The van der Waals surface area contributed by atoms with Crippen molar-refractivity contribution in [3.05, 3.63) is 65.9 Å². The minimum absolute atomic E-state index is 0.108. The number of benzene rings is 2. The number of hydrogen-bond donors (Lipinski definition) is 2. The number of likely N-dealkylation sites (N-methyl/N-ethyl adjacent to an activating group) is 1. The number of ether oxygens (including phenoxy) is 1. The SMILES string of the molecule is CCOc1ccccc1NC(=O)N(CC)CC(=O)Nc1cc(C(C)(C)C)nn1-c1ccc(C)cc1. The summed E-state index contributed by atoms with van der Waals surface area (Å²) in [5.41, 5.74) is 3.20. The zero-order chi connectivity index (χ0) is 25.6. The number of hydrogen-bond acceptors (Lipinski definition) is 4. The van der Waals surface area contributed by atoms with Crippen LogP contribution >= 0.6 is 0 Å². The molecule has 3 rings (SSSR count). The molecule has 0 radical (unpaired) electrons. The van der Waals surface area contributed by atoms with E-state index < -0.39 is 0 Å². The smallest absolute Gasteiger partial charge is 0.322 e. The molecule has 8 nitrogen and oxygen atoms in total. The number of anilines is 2. The molecule has 8 heteroatoms. The maximum absolute atomic E-state index is 13.0. The van der Waals surface area contributed by atoms with Gasteiger partial charge in [0.15, 0.2) is 0 Å². The van der Waals surface area contributed by atoms with E-state index in [1.165, 1.54) is 4.90 Å². The maximum Gasteiger partial charge on any atom is 0.322 e. The van der Waals surface area contributed by atoms with Gasteiger partial charge in [0, 0.05) is 18.0 Å². The predicted octanol–water partition coefficient (Wildman–Crippen LogP) is 5.37. The maximum atomic E-state index is 13.0. The van der Waals surface area contributed by atoms with E-state index >= 15 is 0 Å². The molecule has 3 aromatic rings. The van der Waals surface area contributed by atoms with Gasteiger partial charge >= 0.3 is 6.03 Å². The summed E-state index contributed by atoms with van der Waals surface area (Å²) in [5.74, 6) is 0.830. The van der Waals surface area contributed by atoms with Crippen LogP contribution in [-0.2, 0) is 10.2 Å². The topological polar surface area (TPSA) is 88.5 Å². The van der Waals surface area contributed by atoms with Crippen LogP contribution in [0, 0.1) is 6.92 Å². The first-order valence-electron chi connectivity index (χ1n) is 11.9. The van der Waals surface area contributed by atoms with Gasteiger partial charge in [0.05, 0.1) is 23.7 Å². The number of rotatable bonds is 8. The fraction of sp³-hybridized carbons (Fsp3) is 0.370. The summed E-state index contributed by atoms with van der Waals surface area (Å²) in [7, 11) is 0. The van der Waals surface area contributed by atoms with Crippen LogP contribution in [0.25, 0.3) is 5.69 Å². The molecule has 0 aliphatic rings. The minimum atomic E-state index is -0.378. The lowest BCUT2D eigenvalue weighted by Crippen LogP contribution is -2.40. The Morgan fingerprint density at radius 1 is 1.03 bits per heavy atom. The van der Waals surface area contributed by atoms with E-state index in [-0.39, 0.29) is 23.9 Å². The Kier molecular flexibility index (Phi) is 8.17. The van der Waals surface area contributed by atoms with E-state index in [2.05, 4.69) is 31.4 Å². The molecule has 0 aliphatic carbocycles. The number of urea groups is 1. The zero-order valence-electron chi connectivity index (χ0n) is 21.4. The van der Waals surface area contributed by atoms with Crippen molar-refractivity contribution in [2.45, 2.75) is 47.0 Å². The highest BCUT2D eigenvalue weighted by Gasteiger charge is 2.23. The third-order valence-corrected chi connectivity index (χ3v) is 5.46. The Labute approximate surface area is 207 Å². The third-order valence-electron chi connectivity index (χ3n) is 5.46. The fourth-order valence-electron chi connectivity index (χ4n) is 3.45. The molecule has 2 aromatic carbocycles. The fourth-order valence-corrected chi connectivity index (χ4v) is 3.45. The van der Waals surface area contributed by atoms with Crippen molar-refractivity contribution in [3.63, 3.8) is 0 Å². The molecule has 2 N–H and O–H groups in total. The van der Waals surface area contributed by atoms with Crippen molar-refractivity contribution in [2.24, 2.45) is 0 Å². The van der Waals surface area contributed by atoms with Crippen molar-refractivity contribution >= 4 is 23.4 Å². The second kappa shape index (κ2) is 11.1. The van der Waals surface area contributed by atoms with Crippen molar-refractivity contribution in [1.29, 1.82) is 0 Å². The first-order chi connectivity index (χ1) is 16.6. The Morgan fingerprint density at radius 2 is 1.71 bits per heavy atom. The number of aromatic nitrogens is 2. The van der Waals surface area contributed by atoms with E-state index in [0.717, 1.165) is 16.9 Å². The molecule has 0 saturated heterocycles. The lowest BCUT2D eigenvalue weighted by Gasteiger charge is -2.22. The molecule has 1 aromatic heterocycles. The molecule has 0 fully saturated rings. The average Bonchev–Trinajstić information content (AvgIpc) is 3.23. The number of nitrogens with zero attached hydrogens (tertiary/aromatic N) is 3. The quantitative estimate of drug-likeness (QED) is 0.457. The number of amides is 3. The molecule has 0 spiro atoms. The van der Waals surface area contributed by atoms with E-state index in [9.17, 15) is 9.59 Å². The summed E-state index contributed by atoms with van der Waals surface area (Å²) in [6, 6.07) is 16.7. The summed E-state index contributed by atoms with van der Waals surface area (Å²) in [6.45, 7) is 12.7. The Balaban J connectivity index is 1.77. The summed E-state index contributed by atoms with van der Waals surface area (Å²) in [6.07, 6.45) is 0. The van der Waals surface area contributed by atoms with Crippen LogP contribution in [0.2, 0.25) is 0 Å². The van der Waals surface area contributed by atoms with E-state index in [1.807, 2.05) is 63.2 Å². The van der Waals surface area contributed by atoms with Gasteiger partial charge in [0.1, 0.15) is 18.1 Å². The van der Waals surface area contributed by atoms with Gasteiger partial charge in [-0.25, -0.2) is 9.48 Å². The van der Waals surface area contributed by atoms with Crippen molar-refractivity contribution in [2.75, 3.05) is 30.3 Å². The summed E-state index contributed by atoms with van der Waals surface area (Å²) in [5, 5.41) is 10.5. The van der Waals surface area contributed by atoms with Crippen LogP contribution in [0.15, 0.2) is 54.6 Å². The van der Waals surface area contributed by atoms with Gasteiger partial charge < -0.3 is 20.3 Å². The monoisotopic (exact) mass is 477 g/mol. The van der Waals surface area contributed by atoms with Crippen LogP contribution in [0.3, 0.4) is 0 Å². The van der Waals surface area contributed by atoms with Gasteiger partial charge in [-0.1, -0.05) is 50.6 Å². The largest absolute Gasteiger partial charge is 0.492 e. The Morgan fingerprint density at radius 3 is 2.34 bits per heavy atom. The van der Waals surface area contributed by atoms with Crippen LogP contribution in [0.5, 0.6) is 5.75 Å². The van der Waals surface area contributed by atoms with Gasteiger partial charge in [-0.3, -0.25) is 4.79 Å². The highest BCUT2D eigenvalue weighted by atomic mass is 16.5. The summed E-state index contributed by atoms with van der Waals surface area (Å²) in [4.78, 5) is 27.4. The summed E-state index contributed by atoms with van der Waals surface area (Å²) >= 11 is 0. The van der Waals surface area contributed by atoms with Crippen molar-refractivity contribution in [1.82, 2.24) is 14.7 Å². The van der Waals surface area contributed by atoms with Gasteiger partial charge in [0.2, 0.25) is 5.91 Å². The molecular formula is C27H35N5O3. The van der Waals surface area contributed by atoms with Crippen LogP contribution in [0.4, 0.5) is 16.3 Å². The molecule has 0 bridgehead atoms. The average molecular weight is 478 g/mol. The molecule has 0 aliphatic heterocycles. The second-order valence-electron chi connectivity index (χ2n) is 9.33. The van der Waals surface area contributed by atoms with Crippen LogP contribution in [0.1, 0.15) is 45.9 Å². The highest BCUT2D eigenvalue weighted by molar-refractivity contribution is 5.97. The zero-order valence-corrected chi connectivity index (χ0v) is 21.4. The third kappa shape index (κ3) is 6.62. The van der Waals surface area contributed by atoms with Crippen LogP contribution < -0.4 is 15.4 Å². The van der Waals surface area contributed by atoms with Gasteiger partial charge in [-0.2, -0.15) is 5.10 Å². The molecule has 0 atom stereocenters. The van der Waals surface area contributed by atoms with E-state index in [0.29, 0.717) is 30.4 Å². The van der Waals surface area contributed by atoms with E-state index in [4.69, 9.17) is 9.84 Å². The Hall–Kier alpha value is -3.81. The van der Waals surface area contributed by atoms with Crippen molar-refractivity contribution < 1.29 is 14.3 Å². The second-order valence-corrected chi connectivity index (χ2v) is 9.33. The molecule has 0 unspecified atom stereocenters. The molecule has 0 saturated carbocycles. The van der Waals surface area contributed by atoms with Gasteiger partial charge in [-0.15, -0.1) is 0 Å². The number of aryl methyl sites for hydroxylation is 1.